The van der Waals surface area contributed by atoms with Crippen LogP contribution in [0.5, 0.6) is 0 Å². The van der Waals surface area contributed by atoms with Gasteiger partial charge in [-0.3, -0.25) is 0 Å². The topological polar surface area (TPSA) is 46.5 Å². The SMILES string of the molecule is Cc1ccc(S(=O)(=O)/N=C\C2CCCCC2)cc1. The van der Waals surface area contributed by atoms with Gasteiger partial charge in [-0.25, -0.2) is 0 Å². The molecule has 2 rings (SSSR count). The summed E-state index contributed by atoms with van der Waals surface area (Å²) in [6, 6.07) is 6.82. The lowest BCUT2D eigenvalue weighted by atomic mass is 9.90. The molecule has 0 N–H and O–H groups in total. The minimum atomic E-state index is -3.51. The summed E-state index contributed by atoms with van der Waals surface area (Å²) in [5.41, 5.74) is 1.05. The Bertz CT molecular complexity index is 511. The van der Waals surface area contributed by atoms with E-state index in [4.69, 9.17) is 0 Å². The minimum Gasteiger partial charge on any atom is -0.199 e. The van der Waals surface area contributed by atoms with Crippen molar-refractivity contribution in [1.82, 2.24) is 0 Å². The molecule has 0 aromatic heterocycles. The fourth-order valence-corrected chi connectivity index (χ4v) is 3.15. The molecule has 1 saturated carbocycles. The number of rotatable bonds is 3. The van der Waals surface area contributed by atoms with Gasteiger partial charge >= 0.3 is 0 Å². The standard InChI is InChI=1S/C14H19NO2S/c1-12-7-9-14(10-8-12)18(16,17)15-11-13-5-3-2-4-6-13/h7-11,13H,2-6H2,1H3/b15-11-. The average Bonchev–Trinajstić information content (AvgIpc) is 2.38. The van der Waals surface area contributed by atoms with Crippen molar-refractivity contribution < 1.29 is 8.42 Å². The van der Waals surface area contributed by atoms with Gasteiger partial charge < -0.3 is 0 Å². The summed E-state index contributed by atoms with van der Waals surface area (Å²) in [4.78, 5) is 0.278. The second-order valence-electron chi connectivity index (χ2n) is 4.94. The van der Waals surface area contributed by atoms with Crippen molar-refractivity contribution in [2.24, 2.45) is 10.3 Å². The largest absolute Gasteiger partial charge is 0.281 e. The Morgan fingerprint density at radius 2 is 1.72 bits per heavy atom. The van der Waals surface area contributed by atoms with Crippen LogP contribution < -0.4 is 0 Å². The van der Waals surface area contributed by atoms with Crippen molar-refractivity contribution in [3.63, 3.8) is 0 Å². The van der Waals surface area contributed by atoms with E-state index in [0.29, 0.717) is 5.92 Å². The Labute approximate surface area is 109 Å². The molecule has 18 heavy (non-hydrogen) atoms. The molecule has 1 fully saturated rings. The van der Waals surface area contributed by atoms with Crippen LogP contribution in [0, 0.1) is 12.8 Å². The molecule has 1 aromatic rings. The van der Waals surface area contributed by atoms with Crippen LogP contribution in [-0.4, -0.2) is 14.6 Å². The van der Waals surface area contributed by atoms with Crippen LogP contribution >= 0.6 is 0 Å². The van der Waals surface area contributed by atoms with Gasteiger partial charge in [0.2, 0.25) is 0 Å². The molecule has 0 radical (unpaired) electrons. The molecular weight excluding hydrogens is 246 g/mol. The van der Waals surface area contributed by atoms with E-state index >= 15 is 0 Å². The zero-order valence-corrected chi connectivity index (χ0v) is 11.5. The summed E-state index contributed by atoms with van der Waals surface area (Å²) in [6.45, 7) is 1.93. The lowest BCUT2D eigenvalue weighted by Crippen LogP contribution is -2.09. The maximum absolute atomic E-state index is 12.0. The molecule has 0 amide bonds. The van der Waals surface area contributed by atoms with Crippen molar-refractivity contribution in [1.29, 1.82) is 0 Å². The summed E-state index contributed by atoms with van der Waals surface area (Å²) in [6.07, 6.45) is 7.38. The molecule has 1 aliphatic rings. The third kappa shape index (κ3) is 3.42. The first kappa shape index (κ1) is 13.3. The third-order valence-corrected chi connectivity index (χ3v) is 4.65. The van der Waals surface area contributed by atoms with Crippen LogP contribution in [0.25, 0.3) is 0 Å². The molecule has 1 aliphatic carbocycles. The van der Waals surface area contributed by atoms with Gasteiger partial charge in [0.25, 0.3) is 10.0 Å². The summed E-state index contributed by atoms with van der Waals surface area (Å²) >= 11 is 0. The van der Waals surface area contributed by atoms with Crippen molar-refractivity contribution in [3.05, 3.63) is 29.8 Å². The summed E-state index contributed by atoms with van der Waals surface area (Å²) < 4.78 is 27.8. The van der Waals surface area contributed by atoms with Gasteiger partial charge in [-0.15, -0.1) is 0 Å². The van der Waals surface area contributed by atoms with Crippen LogP contribution in [0.15, 0.2) is 33.6 Å². The molecule has 3 nitrogen and oxygen atoms in total. The van der Waals surface area contributed by atoms with E-state index in [9.17, 15) is 8.42 Å². The van der Waals surface area contributed by atoms with Crippen LogP contribution in [0.1, 0.15) is 37.7 Å². The number of sulfonamides is 1. The molecule has 0 heterocycles. The van der Waals surface area contributed by atoms with E-state index in [2.05, 4.69) is 4.40 Å². The van der Waals surface area contributed by atoms with Gasteiger partial charge in [-0.1, -0.05) is 37.0 Å². The van der Waals surface area contributed by atoms with Crippen LogP contribution in [0.2, 0.25) is 0 Å². The molecular formula is C14H19NO2S. The fourth-order valence-electron chi connectivity index (χ4n) is 2.22. The molecule has 0 saturated heterocycles. The van der Waals surface area contributed by atoms with Gasteiger partial charge in [-0.05, 0) is 37.8 Å². The fraction of sp³-hybridized carbons (Fsp3) is 0.500. The Balaban J connectivity index is 2.11. The van der Waals surface area contributed by atoms with Crippen molar-refractivity contribution in [3.8, 4) is 0 Å². The number of nitrogens with zero attached hydrogens (tertiary/aromatic N) is 1. The normalized spacial score (nSPS) is 18.3. The molecule has 0 atom stereocenters. The van der Waals surface area contributed by atoms with E-state index in [0.717, 1.165) is 18.4 Å². The number of hydrogen-bond donors (Lipinski definition) is 0. The first-order valence-electron chi connectivity index (χ1n) is 6.45. The van der Waals surface area contributed by atoms with E-state index < -0.39 is 10.0 Å². The number of benzene rings is 1. The van der Waals surface area contributed by atoms with Gasteiger partial charge in [0, 0.05) is 6.21 Å². The highest BCUT2D eigenvalue weighted by atomic mass is 32.2. The average molecular weight is 265 g/mol. The predicted molar refractivity (Wildman–Crippen MR) is 73.4 cm³/mol. The molecule has 0 bridgehead atoms. The zero-order chi connectivity index (χ0) is 13.0. The van der Waals surface area contributed by atoms with Gasteiger partial charge in [0.05, 0.1) is 4.90 Å². The first-order valence-corrected chi connectivity index (χ1v) is 7.89. The van der Waals surface area contributed by atoms with Crippen molar-refractivity contribution >= 4 is 16.2 Å². The lowest BCUT2D eigenvalue weighted by Gasteiger charge is -2.16. The molecule has 0 unspecified atom stereocenters. The quantitative estimate of drug-likeness (QED) is 0.787. The molecule has 0 aliphatic heterocycles. The Morgan fingerprint density at radius 3 is 2.33 bits per heavy atom. The maximum atomic E-state index is 12.0. The molecule has 4 heteroatoms. The highest BCUT2D eigenvalue weighted by molar-refractivity contribution is 7.90. The van der Waals surface area contributed by atoms with Crippen molar-refractivity contribution in [2.45, 2.75) is 43.9 Å². The van der Waals surface area contributed by atoms with E-state index in [-0.39, 0.29) is 4.90 Å². The number of aryl methyl sites for hydroxylation is 1. The smallest absolute Gasteiger partial charge is 0.199 e. The van der Waals surface area contributed by atoms with E-state index in [1.807, 2.05) is 6.92 Å². The zero-order valence-electron chi connectivity index (χ0n) is 10.7. The van der Waals surface area contributed by atoms with Crippen molar-refractivity contribution in [2.75, 3.05) is 0 Å². The highest BCUT2D eigenvalue weighted by Gasteiger charge is 2.15. The Kier molecular flexibility index (Phi) is 4.17. The van der Waals surface area contributed by atoms with Gasteiger partial charge in [0.15, 0.2) is 0 Å². The van der Waals surface area contributed by atoms with E-state index in [1.54, 1.807) is 30.5 Å². The Hall–Kier alpha value is -1.16. The monoisotopic (exact) mass is 265 g/mol. The van der Waals surface area contributed by atoms with Crippen LogP contribution in [-0.2, 0) is 10.0 Å². The Morgan fingerprint density at radius 1 is 1.11 bits per heavy atom. The second-order valence-corrected chi connectivity index (χ2v) is 6.57. The highest BCUT2D eigenvalue weighted by Crippen LogP contribution is 2.22. The second kappa shape index (κ2) is 5.65. The third-order valence-electron chi connectivity index (χ3n) is 3.38. The van der Waals surface area contributed by atoms with Crippen LogP contribution in [0.3, 0.4) is 0 Å². The summed E-state index contributed by atoms with van der Waals surface area (Å²) in [5, 5.41) is 0. The number of hydrogen-bond acceptors (Lipinski definition) is 2. The summed E-state index contributed by atoms with van der Waals surface area (Å²) in [7, 11) is -3.51. The molecule has 0 spiro atoms. The van der Waals surface area contributed by atoms with Gasteiger partial charge in [-0.2, -0.15) is 12.8 Å². The minimum absolute atomic E-state index is 0.278. The van der Waals surface area contributed by atoms with E-state index in [1.165, 1.54) is 19.3 Å². The van der Waals surface area contributed by atoms with Gasteiger partial charge in [0.1, 0.15) is 0 Å². The molecule has 98 valence electrons. The first-order chi connectivity index (χ1) is 8.58. The summed E-state index contributed by atoms with van der Waals surface area (Å²) in [5.74, 6) is 0.332. The molecule has 1 aromatic carbocycles. The lowest BCUT2D eigenvalue weighted by molar-refractivity contribution is 0.445. The van der Waals surface area contributed by atoms with Crippen LogP contribution in [0.4, 0.5) is 0 Å². The maximum Gasteiger partial charge on any atom is 0.281 e. The predicted octanol–water partition coefficient (Wildman–Crippen LogP) is 3.33.